The Morgan fingerprint density at radius 1 is 0.733 bits per heavy atom. The van der Waals surface area contributed by atoms with Crippen molar-refractivity contribution in [3.63, 3.8) is 0 Å². The fourth-order valence-corrected chi connectivity index (χ4v) is 4.10. The summed E-state index contributed by atoms with van der Waals surface area (Å²) in [4.78, 5) is 0.128. The van der Waals surface area contributed by atoms with Crippen LogP contribution in [-0.2, 0) is 10.0 Å². The highest BCUT2D eigenvalue weighted by Gasteiger charge is 2.19. The van der Waals surface area contributed by atoms with Crippen molar-refractivity contribution in [1.82, 2.24) is 0 Å². The predicted molar refractivity (Wildman–Crippen MR) is 115 cm³/mol. The first kappa shape index (κ1) is 21.3. The smallest absolute Gasteiger partial charge is 0.261 e. The standard InChI is InChI=1S/C22H23NO6S/c1-26-16-9-11-17(12-10-16)30(24,25)23-19-8-6-5-7-18(19)15-13-20(27-2)22(29-4)21(14-15)28-3/h5-14,23H,1-4H3. The minimum atomic E-state index is -3.81. The van der Waals surface area contributed by atoms with Gasteiger partial charge in [-0.05, 0) is 48.0 Å². The molecule has 0 atom stereocenters. The second-order valence-corrected chi connectivity index (χ2v) is 7.92. The molecule has 3 rings (SSSR count). The quantitative estimate of drug-likeness (QED) is 0.578. The zero-order chi connectivity index (χ0) is 21.7. The third-order valence-corrected chi connectivity index (χ3v) is 5.90. The van der Waals surface area contributed by atoms with E-state index in [1.807, 2.05) is 12.1 Å². The van der Waals surface area contributed by atoms with Gasteiger partial charge in [-0.15, -0.1) is 0 Å². The van der Waals surface area contributed by atoms with Crippen molar-refractivity contribution in [3.8, 4) is 34.1 Å². The lowest BCUT2D eigenvalue weighted by atomic mass is 10.0. The summed E-state index contributed by atoms with van der Waals surface area (Å²) in [5, 5.41) is 0. The molecule has 158 valence electrons. The summed E-state index contributed by atoms with van der Waals surface area (Å²) in [6.07, 6.45) is 0. The fourth-order valence-electron chi connectivity index (χ4n) is 3.02. The van der Waals surface area contributed by atoms with E-state index in [0.29, 0.717) is 39.8 Å². The van der Waals surface area contributed by atoms with Crippen LogP contribution in [0.2, 0.25) is 0 Å². The third kappa shape index (κ3) is 4.28. The molecule has 0 spiro atoms. The van der Waals surface area contributed by atoms with Gasteiger partial charge in [-0.25, -0.2) is 8.42 Å². The summed E-state index contributed by atoms with van der Waals surface area (Å²) in [6, 6.07) is 16.8. The van der Waals surface area contributed by atoms with E-state index < -0.39 is 10.0 Å². The van der Waals surface area contributed by atoms with Crippen LogP contribution < -0.4 is 23.7 Å². The first-order valence-corrected chi connectivity index (χ1v) is 10.5. The first-order valence-electron chi connectivity index (χ1n) is 8.99. The van der Waals surface area contributed by atoms with Gasteiger partial charge >= 0.3 is 0 Å². The molecule has 3 aromatic carbocycles. The van der Waals surface area contributed by atoms with Crippen molar-refractivity contribution in [3.05, 3.63) is 60.7 Å². The summed E-state index contributed by atoms with van der Waals surface area (Å²) in [6.45, 7) is 0. The molecule has 0 aromatic heterocycles. The predicted octanol–water partition coefficient (Wildman–Crippen LogP) is 4.19. The summed E-state index contributed by atoms with van der Waals surface area (Å²) in [5.74, 6) is 1.98. The van der Waals surface area contributed by atoms with Gasteiger partial charge in [-0.2, -0.15) is 0 Å². The maximum absolute atomic E-state index is 12.9. The Balaban J connectivity index is 2.04. The van der Waals surface area contributed by atoms with Crippen LogP contribution in [0.1, 0.15) is 0 Å². The van der Waals surface area contributed by atoms with Gasteiger partial charge in [0.1, 0.15) is 5.75 Å². The number of anilines is 1. The average Bonchev–Trinajstić information content (AvgIpc) is 2.78. The lowest BCUT2D eigenvalue weighted by molar-refractivity contribution is 0.324. The molecule has 0 unspecified atom stereocenters. The van der Waals surface area contributed by atoms with Crippen molar-refractivity contribution in [2.45, 2.75) is 4.90 Å². The molecule has 0 aliphatic carbocycles. The summed E-state index contributed by atoms with van der Waals surface area (Å²) in [7, 11) is 2.30. The number of methoxy groups -OCH3 is 4. The van der Waals surface area contributed by atoms with E-state index in [1.54, 1.807) is 36.4 Å². The molecular formula is C22H23NO6S. The van der Waals surface area contributed by atoms with Crippen molar-refractivity contribution in [1.29, 1.82) is 0 Å². The number of rotatable bonds is 8. The number of para-hydroxylation sites is 1. The zero-order valence-corrected chi connectivity index (χ0v) is 17.9. The molecule has 0 fully saturated rings. The molecule has 7 nitrogen and oxygen atoms in total. The lowest BCUT2D eigenvalue weighted by Gasteiger charge is -2.17. The van der Waals surface area contributed by atoms with Crippen molar-refractivity contribution >= 4 is 15.7 Å². The van der Waals surface area contributed by atoms with E-state index in [0.717, 1.165) is 0 Å². The van der Waals surface area contributed by atoms with Crippen LogP contribution in [0, 0.1) is 0 Å². The van der Waals surface area contributed by atoms with Crippen LogP contribution in [-0.4, -0.2) is 36.9 Å². The van der Waals surface area contributed by atoms with Gasteiger partial charge in [0, 0.05) is 5.56 Å². The Kier molecular flexibility index (Phi) is 6.37. The Hall–Kier alpha value is -3.39. The zero-order valence-electron chi connectivity index (χ0n) is 17.1. The van der Waals surface area contributed by atoms with Crippen LogP contribution in [0.5, 0.6) is 23.0 Å². The van der Waals surface area contributed by atoms with Gasteiger partial charge in [0.25, 0.3) is 10.0 Å². The van der Waals surface area contributed by atoms with Crippen molar-refractivity contribution < 1.29 is 27.4 Å². The average molecular weight is 429 g/mol. The molecule has 0 bridgehead atoms. The van der Waals surface area contributed by atoms with Crippen LogP contribution in [0.15, 0.2) is 65.6 Å². The molecule has 1 N–H and O–H groups in total. The van der Waals surface area contributed by atoms with Crippen LogP contribution in [0.4, 0.5) is 5.69 Å². The molecule has 8 heteroatoms. The van der Waals surface area contributed by atoms with Crippen LogP contribution in [0.25, 0.3) is 11.1 Å². The number of nitrogens with one attached hydrogen (secondary N) is 1. The maximum atomic E-state index is 12.9. The van der Waals surface area contributed by atoms with Gasteiger partial charge in [0.05, 0.1) is 39.0 Å². The van der Waals surface area contributed by atoms with E-state index in [9.17, 15) is 8.42 Å². The molecule has 0 radical (unpaired) electrons. The number of ether oxygens (including phenoxy) is 4. The first-order chi connectivity index (χ1) is 14.4. The number of benzene rings is 3. The normalized spacial score (nSPS) is 10.9. The van der Waals surface area contributed by atoms with Gasteiger partial charge in [0.15, 0.2) is 11.5 Å². The Morgan fingerprint density at radius 3 is 1.87 bits per heavy atom. The molecule has 0 aliphatic rings. The van der Waals surface area contributed by atoms with Gasteiger partial charge in [-0.1, -0.05) is 18.2 Å². The Morgan fingerprint density at radius 2 is 1.33 bits per heavy atom. The minimum absolute atomic E-state index is 0.128. The van der Waals surface area contributed by atoms with Crippen LogP contribution >= 0.6 is 0 Å². The molecule has 0 amide bonds. The highest BCUT2D eigenvalue weighted by atomic mass is 32.2. The van der Waals surface area contributed by atoms with Crippen molar-refractivity contribution in [2.24, 2.45) is 0 Å². The van der Waals surface area contributed by atoms with Crippen molar-refractivity contribution in [2.75, 3.05) is 33.2 Å². The number of hydrogen-bond acceptors (Lipinski definition) is 6. The fraction of sp³-hybridized carbons (Fsp3) is 0.182. The molecule has 0 aliphatic heterocycles. The van der Waals surface area contributed by atoms with Gasteiger partial charge in [0.2, 0.25) is 5.75 Å². The largest absolute Gasteiger partial charge is 0.497 e. The Bertz CT molecular complexity index is 1100. The summed E-state index contributed by atoms with van der Waals surface area (Å²) in [5.41, 5.74) is 1.79. The van der Waals surface area contributed by atoms with E-state index in [-0.39, 0.29) is 4.90 Å². The highest BCUT2D eigenvalue weighted by Crippen LogP contribution is 2.42. The third-order valence-electron chi connectivity index (χ3n) is 4.52. The molecular weight excluding hydrogens is 406 g/mol. The van der Waals surface area contributed by atoms with E-state index >= 15 is 0 Å². The van der Waals surface area contributed by atoms with Gasteiger partial charge in [-0.3, -0.25) is 4.72 Å². The van der Waals surface area contributed by atoms with Crippen LogP contribution in [0.3, 0.4) is 0 Å². The van der Waals surface area contributed by atoms with E-state index in [4.69, 9.17) is 18.9 Å². The molecule has 0 saturated heterocycles. The maximum Gasteiger partial charge on any atom is 0.261 e. The molecule has 3 aromatic rings. The number of hydrogen-bond donors (Lipinski definition) is 1. The molecule has 30 heavy (non-hydrogen) atoms. The Labute approximate surface area is 176 Å². The number of sulfonamides is 1. The topological polar surface area (TPSA) is 83.1 Å². The summed E-state index contributed by atoms with van der Waals surface area (Å²) >= 11 is 0. The SMILES string of the molecule is COc1ccc(S(=O)(=O)Nc2ccccc2-c2cc(OC)c(OC)c(OC)c2)cc1. The monoisotopic (exact) mass is 429 g/mol. The lowest BCUT2D eigenvalue weighted by Crippen LogP contribution is -2.13. The molecule has 0 heterocycles. The van der Waals surface area contributed by atoms with E-state index in [1.165, 1.54) is 40.6 Å². The molecule has 0 saturated carbocycles. The minimum Gasteiger partial charge on any atom is -0.497 e. The highest BCUT2D eigenvalue weighted by molar-refractivity contribution is 7.92. The van der Waals surface area contributed by atoms with E-state index in [2.05, 4.69) is 4.72 Å². The summed E-state index contributed by atoms with van der Waals surface area (Å²) < 4.78 is 49.8. The second kappa shape index (κ2) is 8.96. The second-order valence-electron chi connectivity index (χ2n) is 6.24. The van der Waals surface area contributed by atoms with Gasteiger partial charge < -0.3 is 18.9 Å².